The number of urea groups is 1. The molecule has 0 aliphatic carbocycles. The van der Waals surface area contributed by atoms with Crippen molar-refractivity contribution in [1.29, 1.82) is 0 Å². The monoisotopic (exact) mass is 266 g/mol. The molecule has 0 radical (unpaired) electrons. The van der Waals surface area contributed by atoms with Crippen molar-refractivity contribution < 1.29 is 19.8 Å². The molecule has 6 nitrogen and oxygen atoms in total. The smallest absolute Gasteiger partial charge is 0.337 e. The van der Waals surface area contributed by atoms with Crippen LogP contribution in [-0.4, -0.2) is 47.3 Å². The van der Waals surface area contributed by atoms with Gasteiger partial charge in [-0.15, -0.1) is 0 Å². The number of benzene rings is 1. The Morgan fingerprint density at radius 2 is 1.95 bits per heavy atom. The molecule has 0 spiro atoms. The lowest BCUT2D eigenvalue weighted by Gasteiger charge is -2.19. The van der Waals surface area contributed by atoms with E-state index in [1.54, 1.807) is 19.9 Å². The van der Waals surface area contributed by atoms with Gasteiger partial charge in [0, 0.05) is 13.6 Å². The molecule has 1 aromatic rings. The third-order valence-corrected chi connectivity index (χ3v) is 2.72. The van der Waals surface area contributed by atoms with Crippen molar-refractivity contribution in [3.8, 4) is 0 Å². The Morgan fingerprint density at radius 1 is 1.32 bits per heavy atom. The first-order valence-electron chi connectivity index (χ1n) is 5.84. The second-order valence-electron chi connectivity index (χ2n) is 4.38. The lowest BCUT2D eigenvalue weighted by molar-refractivity contribution is 0.0698. The predicted molar refractivity (Wildman–Crippen MR) is 71.6 cm³/mol. The summed E-state index contributed by atoms with van der Waals surface area (Å²) in [7, 11) is 1.52. The van der Waals surface area contributed by atoms with E-state index in [-0.39, 0.29) is 24.4 Å². The third kappa shape index (κ3) is 3.69. The Balaban J connectivity index is 3.06. The van der Waals surface area contributed by atoms with Gasteiger partial charge in [-0.05, 0) is 31.0 Å². The highest BCUT2D eigenvalue weighted by molar-refractivity contribution is 6.01. The molecule has 0 heterocycles. The molecule has 2 amide bonds. The number of aliphatic hydroxyl groups is 1. The molecule has 0 aliphatic heterocycles. The van der Waals surface area contributed by atoms with Gasteiger partial charge in [-0.2, -0.15) is 0 Å². The number of nitrogens with one attached hydrogen (secondary N) is 1. The topological polar surface area (TPSA) is 89.9 Å². The van der Waals surface area contributed by atoms with Crippen molar-refractivity contribution >= 4 is 17.7 Å². The molecule has 19 heavy (non-hydrogen) atoms. The number of amides is 2. The second kappa shape index (κ2) is 6.19. The van der Waals surface area contributed by atoms with Gasteiger partial charge in [-0.1, -0.05) is 6.07 Å². The number of nitrogens with zero attached hydrogens (tertiary/aromatic N) is 1. The van der Waals surface area contributed by atoms with Crippen LogP contribution in [0.5, 0.6) is 0 Å². The number of hydrogen-bond acceptors (Lipinski definition) is 3. The zero-order chi connectivity index (χ0) is 14.6. The number of carbonyl (C=O) groups excluding carboxylic acids is 1. The first-order valence-corrected chi connectivity index (χ1v) is 5.84. The Labute approximate surface area is 111 Å². The summed E-state index contributed by atoms with van der Waals surface area (Å²) < 4.78 is 0. The third-order valence-electron chi connectivity index (χ3n) is 2.72. The molecule has 0 atom stereocenters. The molecule has 1 rings (SSSR count). The lowest BCUT2D eigenvalue weighted by atomic mass is 10.0. The fourth-order valence-electron chi connectivity index (χ4n) is 1.76. The number of carbonyl (C=O) groups is 2. The van der Waals surface area contributed by atoms with E-state index in [4.69, 9.17) is 10.2 Å². The van der Waals surface area contributed by atoms with E-state index in [9.17, 15) is 9.59 Å². The maximum atomic E-state index is 11.8. The summed E-state index contributed by atoms with van der Waals surface area (Å²) in [6.45, 7) is 3.56. The van der Waals surface area contributed by atoms with Crippen LogP contribution in [-0.2, 0) is 0 Å². The van der Waals surface area contributed by atoms with E-state index in [0.29, 0.717) is 5.56 Å². The summed E-state index contributed by atoms with van der Waals surface area (Å²) in [5, 5.41) is 20.5. The van der Waals surface area contributed by atoms with Crippen LogP contribution in [0.4, 0.5) is 10.5 Å². The van der Waals surface area contributed by atoms with Gasteiger partial charge in [0.15, 0.2) is 0 Å². The van der Waals surface area contributed by atoms with E-state index < -0.39 is 12.0 Å². The SMILES string of the molecule is Cc1cc(C)c(NC(=O)N(C)CCO)c(C(=O)O)c1. The predicted octanol–water partition coefficient (Wildman–Crippen LogP) is 1.46. The number of carboxylic acids is 1. The highest BCUT2D eigenvalue weighted by Crippen LogP contribution is 2.23. The number of aryl methyl sites for hydroxylation is 2. The summed E-state index contributed by atoms with van der Waals surface area (Å²) >= 11 is 0. The largest absolute Gasteiger partial charge is 0.478 e. The normalized spacial score (nSPS) is 10.1. The molecule has 6 heteroatoms. The van der Waals surface area contributed by atoms with E-state index in [0.717, 1.165) is 5.56 Å². The minimum Gasteiger partial charge on any atom is -0.478 e. The summed E-state index contributed by atoms with van der Waals surface area (Å²) in [6.07, 6.45) is 0. The van der Waals surface area contributed by atoms with Gasteiger partial charge in [-0.25, -0.2) is 9.59 Å². The molecular formula is C13H18N2O4. The standard InChI is InChI=1S/C13H18N2O4/c1-8-6-9(2)11(10(7-8)12(17)18)14-13(19)15(3)4-5-16/h6-7,16H,4-5H2,1-3H3,(H,14,19)(H,17,18). The van der Waals surface area contributed by atoms with Gasteiger partial charge in [0.05, 0.1) is 17.9 Å². The van der Waals surface area contributed by atoms with Gasteiger partial charge in [-0.3, -0.25) is 0 Å². The van der Waals surface area contributed by atoms with Crippen LogP contribution in [0.3, 0.4) is 0 Å². The first-order chi connectivity index (χ1) is 8.86. The van der Waals surface area contributed by atoms with Crippen molar-refractivity contribution in [2.45, 2.75) is 13.8 Å². The Morgan fingerprint density at radius 3 is 2.47 bits per heavy atom. The van der Waals surface area contributed by atoms with Gasteiger partial charge in [0.1, 0.15) is 0 Å². The number of hydrogen-bond donors (Lipinski definition) is 3. The summed E-state index contributed by atoms with van der Waals surface area (Å²) in [5.41, 5.74) is 1.84. The fourth-order valence-corrected chi connectivity index (χ4v) is 1.76. The molecule has 0 fully saturated rings. The highest BCUT2D eigenvalue weighted by Gasteiger charge is 2.17. The number of aliphatic hydroxyl groups excluding tert-OH is 1. The van der Waals surface area contributed by atoms with Crippen molar-refractivity contribution in [1.82, 2.24) is 4.90 Å². The summed E-state index contributed by atoms with van der Waals surface area (Å²) in [4.78, 5) is 24.3. The summed E-state index contributed by atoms with van der Waals surface area (Å²) in [6, 6.07) is 2.86. The number of aromatic carboxylic acids is 1. The van der Waals surface area contributed by atoms with Crippen molar-refractivity contribution in [3.05, 3.63) is 28.8 Å². The number of anilines is 1. The van der Waals surface area contributed by atoms with Crippen LogP contribution in [0.15, 0.2) is 12.1 Å². The van der Waals surface area contributed by atoms with Crippen molar-refractivity contribution in [2.24, 2.45) is 0 Å². The van der Waals surface area contributed by atoms with Crippen LogP contribution in [0.1, 0.15) is 21.5 Å². The Kier molecular flexibility index (Phi) is 4.88. The van der Waals surface area contributed by atoms with E-state index in [2.05, 4.69) is 5.32 Å². The molecule has 1 aromatic carbocycles. The lowest BCUT2D eigenvalue weighted by Crippen LogP contribution is -2.34. The molecule has 0 aromatic heterocycles. The molecular weight excluding hydrogens is 248 g/mol. The Hall–Kier alpha value is -2.08. The van der Waals surface area contributed by atoms with Gasteiger partial charge >= 0.3 is 12.0 Å². The van der Waals surface area contributed by atoms with Crippen LogP contribution in [0, 0.1) is 13.8 Å². The van der Waals surface area contributed by atoms with Crippen LogP contribution >= 0.6 is 0 Å². The average molecular weight is 266 g/mol. The molecule has 0 aliphatic rings. The highest BCUT2D eigenvalue weighted by atomic mass is 16.4. The quantitative estimate of drug-likeness (QED) is 0.769. The maximum absolute atomic E-state index is 11.8. The molecule has 0 saturated carbocycles. The fraction of sp³-hybridized carbons (Fsp3) is 0.385. The van der Waals surface area contributed by atoms with Gasteiger partial charge < -0.3 is 20.4 Å². The van der Waals surface area contributed by atoms with Crippen molar-refractivity contribution in [3.63, 3.8) is 0 Å². The Bertz CT molecular complexity index is 500. The van der Waals surface area contributed by atoms with Crippen LogP contribution in [0.25, 0.3) is 0 Å². The first kappa shape index (κ1) is 15.0. The van der Waals surface area contributed by atoms with E-state index in [1.807, 2.05) is 0 Å². The number of carboxylic acid groups (broad SMARTS) is 1. The average Bonchev–Trinajstić information content (AvgIpc) is 2.32. The molecule has 0 bridgehead atoms. The van der Waals surface area contributed by atoms with Gasteiger partial charge in [0.25, 0.3) is 0 Å². The van der Waals surface area contributed by atoms with Crippen LogP contribution in [0.2, 0.25) is 0 Å². The van der Waals surface area contributed by atoms with E-state index >= 15 is 0 Å². The van der Waals surface area contributed by atoms with Crippen LogP contribution < -0.4 is 5.32 Å². The van der Waals surface area contributed by atoms with E-state index in [1.165, 1.54) is 18.0 Å². The maximum Gasteiger partial charge on any atom is 0.337 e. The van der Waals surface area contributed by atoms with Crippen molar-refractivity contribution in [2.75, 3.05) is 25.5 Å². The number of likely N-dealkylation sites (N-methyl/N-ethyl adjacent to an activating group) is 1. The zero-order valence-corrected chi connectivity index (χ0v) is 11.2. The molecule has 0 saturated heterocycles. The zero-order valence-electron chi connectivity index (χ0n) is 11.2. The minimum absolute atomic E-state index is 0.0586. The minimum atomic E-state index is -1.09. The number of rotatable bonds is 4. The molecule has 3 N–H and O–H groups in total. The molecule has 0 unspecified atom stereocenters. The summed E-state index contributed by atoms with van der Waals surface area (Å²) in [5.74, 6) is -1.09. The van der Waals surface area contributed by atoms with Gasteiger partial charge in [0.2, 0.25) is 0 Å². The molecule has 104 valence electrons. The second-order valence-corrected chi connectivity index (χ2v) is 4.38.